The molecule has 0 radical (unpaired) electrons. The monoisotopic (exact) mass is 311 g/mol. The van der Waals surface area contributed by atoms with Crippen LogP contribution >= 0.6 is 15.9 Å². The van der Waals surface area contributed by atoms with Crippen molar-refractivity contribution < 1.29 is 13.2 Å². The maximum atomic E-state index is 12.3. The van der Waals surface area contributed by atoms with Gasteiger partial charge >= 0.3 is 6.18 Å². The number of rotatable bonds is 5. The second kappa shape index (κ2) is 6.18. The second-order valence-corrected chi connectivity index (χ2v) is 4.24. The van der Waals surface area contributed by atoms with Gasteiger partial charge in [-0.1, -0.05) is 22.9 Å². The molecule has 7 heteroatoms. The first kappa shape index (κ1) is 14.2. The molecular formula is C10H13BrF3N3. The SMILES string of the molecule is CCCN(CCBr)c1ccc(C(F)(F)F)nn1. The largest absolute Gasteiger partial charge is 0.435 e. The Kier molecular flexibility index (Phi) is 5.17. The van der Waals surface area contributed by atoms with Crippen LogP contribution in [0.2, 0.25) is 0 Å². The van der Waals surface area contributed by atoms with Gasteiger partial charge in [0.15, 0.2) is 11.5 Å². The van der Waals surface area contributed by atoms with Gasteiger partial charge in [0.05, 0.1) is 0 Å². The fourth-order valence-electron chi connectivity index (χ4n) is 1.36. The van der Waals surface area contributed by atoms with Crippen molar-refractivity contribution in [1.82, 2.24) is 10.2 Å². The first-order chi connectivity index (χ1) is 7.99. The predicted octanol–water partition coefficient (Wildman–Crippen LogP) is 3.11. The highest BCUT2D eigenvalue weighted by Gasteiger charge is 2.33. The Balaban J connectivity index is 2.84. The van der Waals surface area contributed by atoms with Crippen molar-refractivity contribution in [2.75, 3.05) is 23.3 Å². The quantitative estimate of drug-likeness (QED) is 0.782. The van der Waals surface area contributed by atoms with Crippen LogP contribution in [0.3, 0.4) is 0 Å². The average molecular weight is 312 g/mol. The lowest BCUT2D eigenvalue weighted by Gasteiger charge is -2.21. The van der Waals surface area contributed by atoms with Crippen molar-refractivity contribution in [3.05, 3.63) is 17.8 Å². The minimum atomic E-state index is -4.43. The lowest BCUT2D eigenvalue weighted by Crippen LogP contribution is -2.27. The molecule has 0 bridgehead atoms. The van der Waals surface area contributed by atoms with E-state index in [0.29, 0.717) is 12.4 Å². The number of aromatic nitrogens is 2. The Hall–Kier alpha value is -0.850. The first-order valence-corrected chi connectivity index (χ1v) is 6.33. The van der Waals surface area contributed by atoms with Crippen LogP contribution in [-0.4, -0.2) is 28.6 Å². The van der Waals surface area contributed by atoms with Gasteiger partial charge in [-0.25, -0.2) is 0 Å². The maximum absolute atomic E-state index is 12.3. The van der Waals surface area contributed by atoms with Crippen LogP contribution in [0, 0.1) is 0 Å². The van der Waals surface area contributed by atoms with E-state index < -0.39 is 11.9 Å². The molecule has 0 unspecified atom stereocenters. The van der Waals surface area contributed by atoms with E-state index in [1.54, 1.807) is 0 Å². The van der Waals surface area contributed by atoms with E-state index in [0.717, 1.165) is 24.4 Å². The number of hydrogen-bond acceptors (Lipinski definition) is 3. The molecule has 1 heterocycles. The van der Waals surface area contributed by atoms with E-state index in [-0.39, 0.29) is 0 Å². The smallest absolute Gasteiger partial charge is 0.354 e. The summed E-state index contributed by atoms with van der Waals surface area (Å²) in [6.45, 7) is 3.43. The Bertz CT molecular complexity index is 334. The number of hydrogen-bond donors (Lipinski definition) is 0. The molecule has 0 spiro atoms. The first-order valence-electron chi connectivity index (χ1n) is 5.21. The number of alkyl halides is 4. The highest BCUT2D eigenvalue weighted by molar-refractivity contribution is 9.09. The summed E-state index contributed by atoms with van der Waals surface area (Å²) in [6.07, 6.45) is -3.54. The van der Waals surface area contributed by atoms with Crippen molar-refractivity contribution in [2.24, 2.45) is 0 Å². The number of nitrogens with zero attached hydrogens (tertiary/aromatic N) is 3. The normalized spacial score (nSPS) is 11.6. The van der Waals surface area contributed by atoms with Crippen molar-refractivity contribution in [3.8, 4) is 0 Å². The molecule has 0 fully saturated rings. The van der Waals surface area contributed by atoms with Crippen LogP contribution in [0.1, 0.15) is 19.0 Å². The molecule has 1 aromatic rings. The topological polar surface area (TPSA) is 29.0 Å². The molecule has 96 valence electrons. The minimum Gasteiger partial charge on any atom is -0.354 e. The van der Waals surface area contributed by atoms with E-state index >= 15 is 0 Å². The third-order valence-corrected chi connectivity index (χ3v) is 2.47. The van der Waals surface area contributed by atoms with Crippen LogP contribution in [0.25, 0.3) is 0 Å². The number of anilines is 1. The van der Waals surface area contributed by atoms with Crippen LogP contribution in [0.4, 0.5) is 19.0 Å². The van der Waals surface area contributed by atoms with Gasteiger partial charge in [0.2, 0.25) is 0 Å². The van der Waals surface area contributed by atoms with Gasteiger partial charge in [-0.15, -0.1) is 10.2 Å². The summed E-state index contributed by atoms with van der Waals surface area (Å²) in [5.41, 5.74) is -0.962. The zero-order valence-corrected chi connectivity index (χ0v) is 10.9. The molecule has 0 saturated carbocycles. The third kappa shape index (κ3) is 4.14. The van der Waals surface area contributed by atoms with E-state index in [1.807, 2.05) is 11.8 Å². The third-order valence-electron chi connectivity index (χ3n) is 2.11. The van der Waals surface area contributed by atoms with Gasteiger partial charge in [-0.3, -0.25) is 0 Å². The minimum absolute atomic E-state index is 0.472. The van der Waals surface area contributed by atoms with Gasteiger partial charge in [0.1, 0.15) is 0 Å². The standard InChI is InChI=1S/C10H13BrF3N3/c1-2-6-17(7-5-11)9-4-3-8(15-16-9)10(12,13)14/h3-4H,2,5-7H2,1H3. The van der Waals surface area contributed by atoms with Crippen molar-refractivity contribution in [2.45, 2.75) is 19.5 Å². The molecular weight excluding hydrogens is 299 g/mol. The summed E-state index contributed by atoms with van der Waals surface area (Å²) >= 11 is 3.29. The molecule has 0 aliphatic heterocycles. The zero-order chi connectivity index (χ0) is 12.9. The summed E-state index contributed by atoms with van der Waals surface area (Å²) in [4.78, 5) is 1.89. The molecule has 1 rings (SSSR count). The van der Waals surface area contributed by atoms with Crippen LogP contribution < -0.4 is 4.90 Å². The molecule has 0 saturated heterocycles. The highest BCUT2D eigenvalue weighted by Crippen LogP contribution is 2.27. The summed E-state index contributed by atoms with van der Waals surface area (Å²) in [5.74, 6) is 0.472. The summed E-state index contributed by atoms with van der Waals surface area (Å²) in [6, 6.07) is 2.31. The van der Waals surface area contributed by atoms with Crippen LogP contribution in [0.15, 0.2) is 12.1 Å². The zero-order valence-electron chi connectivity index (χ0n) is 9.34. The lowest BCUT2D eigenvalue weighted by atomic mass is 10.3. The second-order valence-electron chi connectivity index (χ2n) is 3.45. The van der Waals surface area contributed by atoms with Gasteiger partial charge in [0.25, 0.3) is 0 Å². The predicted molar refractivity (Wildman–Crippen MR) is 63.3 cm³/mol. The van der Waals surface area contributed by atoms with Crippen LogP contribution in [0.5, 0.6) is 0 Å². The van der Waals surface area contributed by atoms with Crippen molar-refractivity contribution in [3.63, 3.8) is 0 Å². The molecule has 1 aromatic heterocycles. The van der Waals surface area contributed by atoms with Gasteiger partial charge in [-0.2, -0.15) is 13.2 Å². The van der Waals surface area contributed by atoms with Crippen molar-refractivity contribution in [1.29, 1.82) is 0 Å². The van der Waals surface area contributed by atoms with Crippen molar-refractivity contribution >= 4 is 21.7 Å². The fraction of sp³-hybridized carbons (Fsp3) is 0.600. The molecule has 0 N–H and O–H groups in total. The molecule has 0 atom stereocenters. The molecule has 0 aromatic carbocycles. The van der Waals surface area contributed by atoms with E-state index in [4.69, 9.17) is 0 Å². The molecule has 3 nitrogen and oxygen atoms in total. The van der Waals surface area contributed by atoms with Gasteiger partial charge < -0.3 is 4.90 Å². The average Bonchev–Trinajstić information content (AvgIpc) is 2.28. The Labute approximate surface area is 106 Å². The highest BCUT2D eigenvalue weighted by atomic mass is 79.9. The van der Waals surface area contributed by atoms with Gasteiger partial charge in [-0.05, 0) is 18.6 Å². The van der Waals surface area contributed by atoms with Gasteiger partial charge in [0, 0.05) is 18.4 Å². The molecule has 17 heavy (non-hydrogen) atoms. The molecule has 0 amide bonds. The maximum Gasteiger partial charge on any atom is 0.435 e. The van der Waals surface area contributed by atoms with E-state index in [2.05, 4.69) is 26.1 Å². The summed E-state index contributed by atoms with van der Waals surface area (Å²) in [7, 11) is 0. The van der Waals surface area contributed by atoms with E-state index in [9.17, 15) is 13.2 Å². The fourth-order valence-corrected chi connectivity index (χ4v) is 1.79. The molecule has 0 aliphatic rings. The van der Waals surface area contributed by atoms with Crippen LogP contribution in [-0.2, 0) is 6.18 Å². The number of halogens is 4. The Morgan fingerprint density at radius 2 is 1.94 bits per heavy atom. The lowest BCUT2D eigenvalue weighted by molar-refractivity contribution is -0.141. The Morgan fingerprint density at radius 1 is 1.24 bits per heavy atom. The molecule has 0 aliphatic carbocycles. The summed E-state index contributed by atoms with van der Waals surface area (Å²) in [5, 5.41) is 7.55. The Morgan fingerprint density at radius 3 is 2.35 bits per heavy atom. The summed E-state index contributed by atoms with van der Waals surface area (Å²) < 4.78 is 36.9. The van der Waals surface area contributed by atoms with E-state index in [1.165, 1.54) is 6.07 Å².